The maximum Gasteiger partial charge on any atom is 0.253 e. The van der Waals surface area contributed by atoms with E-state index in [-0.39, 0.29) is 11.9 Å². The highest BCUT2D eigenvalue weighted by Gasteiger charge is 2.22. The molecule has 136 valence electrons. The Morgan fingerprint density at radius 3 is 2.68 bits per heavy atom. The van der Waals surface area contributed by atoms with Crippen LogP contribution in [0, 0.1) is 6.92 Å². The van der Waals surface area contributed by atoms with Gasteiger partial charge in [0.2, 0.25) is 0 Å². The average Bonchev–Trinajstić information content (AvgIpc) is 3.23. The van der Waals surface area contributed by atoms with Crippen molar-refractivity contribution >= 4 is 16.9 Å². The number of fused-ring (bicyclic) bond motifs is 1. The zero-order valence-corrected chi connectivity index (χ0v) is 15.7. The molecule has 1 saturated heterocycles. The first-order valence-corrected chi connectivity index (χ1v) is 9.38. The molecular formula is C19H29N5O. The minimum Gasteiger partial charge on any atom is -0.350 e. The maximum atomic E-state index is 12.7. The van der Waals surface area contributed by atoms with Crippen LogP contribution in [0.1, 0.15) is 62.1 Å². The van der Waals surface area contributed by atoms with Gasteiger partial charge in [-0.2, -0.15) is 5.10 Å². The van der Waals surface area contributed by atoms with Crippen LogP contribution < -0.4 is 5.32 Å². The van der Waals surface area contributed by atoms with Crippen molar-refractivity contribution in [3.63, 3.8) is 0 Å². The highest BCUT2D eigenvalue weighted by Crippen LogP contribution is 2.19. The van der Waals surface area contributed by atoms with Crippen LogP contribution in [-0.2, 0) is 0 Å². The molecule has 0 bridgehead atoms. The fourth-order valence-electron chi connectivity index (χ4n) is 3.62. The van der Waals surface area contributed by atoms with E-state index in [1.54, 1.807) is 6.20 Å². The van der Waals surface area contributed by atoms with Gasteiger partial charge in [-0.1, -0.05) is 6.92 Å². The van der Waals surface area contributed by atoms with Crippen LogP contribution >= 0.6 is 0 Å². The van der Waals surface area contributed by atoms with Crippen molar-refractivity contribution in [3.8, 4) is 0 Å². The van der Waals surface area contributed by atoms with E-state index >= 15 is 0 Å². The number of carbonyl (C=O) groups is 1. The largest absolute Gasteiger partial charge is 0.350 e. The lowest BCUT2D eigenvalue weighted by atomic mass is 10.1. The lowest BCUT2D eigenvalue weighted by Crippen LogP contribution is -2.42. The number of hydrogen-bond acceptors (Lipinski definition) is 4. The van der Waals surface area contributed by atoms with Crippen LogP contribution in [0.25, 0.3) is 11.0 Å². The van der Waals surface area contributed by atoms with Gasteiger partial charge in [0, 0.05) is 24.0 Å². The molecule has 1 fully saturated rings. The van der Waals surface area contributed by atoms with Crippen molar-refractivity contribution in [2.24, 2.45) is 0 Å². The Labute approximate surface area is 149 Å². The molecule has 1 amide bonds. The van der Waals surface area contributed by atoms with Crippen LogP contribution in [0.2, 0.25) is 0 Å². The molecule has 6 nitrogen and oxygen atoms in total. The van der Waals surface area contributed by atoms with E-state index in [0.29, 0.717) is 18.2 Å². The third-order valence-corrected chi connectivity index (χ3v) is 5.12. The van der Waals surface area contributed by atoms with Gasteiger partial charge in [0.25, 0.3) is 5.91 Å². The van der Waals surface area contributed by atoms with Gasteiger partial charge < -0.3 is 5.32 Å². The van der Waals surface area contributed by atoms with E-state index in [1.807, 2.05) is 17.7 Å². The van der Waals surface area contributed by atoms with Gasteiger partial charge >= 0.3 is 0 Å². The molecule has 0 aliphatic carbocycles. The van der Waals surface area contributed by atoms with Gasteiger partial charge in [0.1, 0.15) is 0 Å². The van der Waals surface area contributed by atoms with Crippen molar-refractivity contribution in [3.05, 3.63) is 23.5 Å². The Morgan fingerprint density at radius 1 is 1.32 bits per heavy atom. The summed E-state index contributed by atoms with van der Waals surface area (Å²) in [6.45, 7) is 11.2. The minimum absolute atomic E-state index is 0.0400. The molecule has 6 heteroatoms. The molecule has 0 radical (unpaired) electrons. The normalized spacial score (nSPS) is 16.7. The topological polar surface area (TPSA) is 63.1 Å². The van der Waals surface area contributed by atoms with Crippen LogP contribution in [0.5, 0.6) is 0 Å². The van der Waals surface area contributed by atoms with Gasteiger partial charge in [-0.15, -0.1) is 0 Å². The van der Waals surface area contributed by atoms with E-state index in [0.717, 1.165) is 36.2 Å². The third kappa shape index (κ3) is 3.68. The number of aromatic nitrogens is 3. The van der Waals surface area contributed by atoms with Crippen molar-refractivity contribution in [2.75, 3.05) is 19.6 Å². The second-order valence-electron chi connectivity index (χ2n) is 7.23. The van der Waals surface area contributed by atoms with Crippen molar-refractivity contribution in [2.45, 2.75) is 59.0 Å². The Kier molecular flexibility index (Phi) is 5.37. The van der Waals surface area contributed by atoms with Gasteiger partial charge in [-0.3, -0.25) is 9.69 Å². The Hall–Kier alpha value is -1.95. The van der Waals surface area contributed by atoms with Crippen LogP contribution in [-0.4, -0.2) is 51.2 Å². The SMILES string of the molecule is CCC(CNC(=O)c1cc2cnn(C(C)C)c2nc1C)N1CCCC1. The average molecular weight is 343 g/mol. The molecule has 1 aliphatic rings. The summed E-state index contributed by atoms with van der Waals surface area (Å²) < 4.78 is 1.89. The molecule has 0 aromatic carbocycles. The van der Waals surface area contributed by atoms with E-state index in [1.165, 1.54) is 12.8 Å². The van der Waals surface area contributed by atoms with Crippen molar-refractivity contribution in [1.29, 1.82) is 0 Å². The predicted molar refractivity (Wildman–Crippen MR) is 99.9 cm³/mol. The predicted octanol–water partition coefficient (Wildman–Crippen LogP) is 2.92. The van der Waals surface area contributed by atoms with E-state index in [9.17, 15) is 4.79 Å². The molecule has 3 rings (SSSR count). The monoisotopic (exact) mass is 343 g/mol. The number of amides is 1. The number of nitrogens with zero attached hydrogens (tertiary/aromatic N) is 4. The lowest BCUT2D eigenvalue weighted by molar-refractivity contribution is 0.0936. The second-order valence-corrected chi connectivity index (χ2v) is 7.23. The summed E-state index contributed by atoms with van der Waals surface area (Å²) in [6, 6.07) is 2.58. The molecular weight excluding hydrogens is 314 g/mol. The highest BCUT2D eigenvalue weighted by molar-refractivity contribution is 5.98. The number of pyridine rings is 1. The maximum absolute atomic E-state index is 12.7. The van der Waals surface area contributed by atoms with Gasteiger partial charge in [-0.05, 0) is 59.2 Å². The summed E-state index contributed by atoms with van der Waals surface area (Å²) in [5.74, 6) is -0.0400. The van der Waals surface area contributed by atoms with Gasteiger partial charge in [0.05, 0.1) is 17.5 Å². The highest BCUT2D eigenvalue weighted by atomic mass is 16.1. The summed E-state index contributed by atoms with van der Waals surface area (Å²) in [5, 5.41) is 8.42. The number of carbonyl (C=O) groups excluding carboxylic acids is 1. The first kappa shape index (κ1) is 17.9. The number of rotatable bonds is 6. The van der Waals surface area contributed by atoms with Gasteiger partial charge in [-0.25, -0.2) is 9.67 Å². The molecule has 2 aromatic heterocycles. The number of nitrogens with one attached hydrogen (secondary N) is 1. The summed E-state index contributed by atoms with van der Waals surface area (Å²) in [5.41, 5.74) is 2.24. The summed E-state index contributed by atoms with van der Waals surface area (Å²) >= 11 is 0. The first-order chi connectivity index (χ1) is 12.0. The quantitative estimate of drug-likeness (QED) is 0.876. The molecule has 0 spiro atoms. The number of hydrogen-bond donors (Lipinski definition) is 1. The Bertz CT molecular complexity index is 746. The molecule has 1 atom stereocenters. The number of likely N-dealkylation sites (tertiary alicyclic amines) is 1. The van der Waals surface area contributed by atoms with Crippen LogP contribution in [0.4, 0.5) is 0 Å². The van der Waals surface area contributed by atoms with Crippen molar-refractivity contribution < 1.29 is 4.79 Å². The second kappa shape index (κ2) is 7.52. The Morgan fingerprint density at radius 2 is 2.04 bits per heavy atom. The fraction of sp³-hybridized carbons (Fsp3) is 0.632. The Balaban J connectivity index is 1.74. The van der Waals surface area contributed by atoms with Crippen LogP contribution in [0.3, 0.4) is 0 Å². The van der Waals surface area contributed by atoms with Gasteiger partial charge in [0.15, 0.2) is 5.65 Å². The van der Waals surface area contributed by atoms with Crippen molar-refractivity contribution in [1.82, 2.24) is 25.0 Å². The molecule has 1 aliphatic heterocycles. The smallest absolute Gasteiger partial charge is 0.253 e. The molecule has 25 heavy (non-hydrogen) atoms. The molecule has 0 saturated carbocycles. The van der Waals surface area contributed by atoms with E-state index in [2.05, 4.69) is 41.1 Å². The summed E-state index contributed by atoms with van der Waals surface area (Å²) in [7, 11) is 0. The lowest BCUT2D eigenvalue weighted by Gasteiger charge is -2.26. The number of aryl methyl sites for hydroxylation is 1. The molecule has 1 unspecified atom stereocenters. The first-order valence-electron chi connectivity index (χ1n) is 9.38. The minimum atomic E-state index is -0.0400. The molecule has 3 heterocycles. The van der Waals surface area contributed by atoms with E-state index < -0.39 is 0 Å². The zero-order chi connectivity index (χ0) is 18.0. The summed E-state index contributed by atoms with van der Waals surface area (Å²) in [4.78, 5) is 19.8. The third-order valence-electron chi connectivity index (χ3n) is 5.12. The zero-order valence-electron chi connectivity index (χ0n) is 15.7. The van der Waals surface area contributed by atoms with E-state index in [4.69, 9.17) is 0 Å². The van der Waals surface area contributed by atoms with Crippen LogP contribution in [0.15, 0.2) is 12.3 Å². The molecule has 2 aromatic rings. The fourth-order valence-corrected chi connectivity index (χ4v) is 3.62. The molecule has 1 N–H and O–H groups in total. The summed E-state index contributed by atoms with van der Waals surface area (Å²) in [6.07, 6.45) is 5.38. The standard InChI is InChI=1S/C19H29N5O/c1-5-16(23-8-6-7-9-23)12-20-19(25)17-10-15-11-21-24(13(2)3)18(15)22-14(17)4/h10-11,13,16H,5-9,12H2,1-4H3,(H,20,25).